The Bertz CT molecular complexity index is 965. The first kappa shape index (κ1) is 20.3. The highest BCUT2D eigenvalue weighted by molar-refractivity contribution is 5.99. The quantitative estimate of drug-likeness (QED) is 0.532. The highest BCUT2D eigenvalue weighted by atomic mass is 16.5. The standard InChI is InChI=1S/C25H25NO3/c1-3-18(2)19-13-15-21(16-14-19)26-24(27)17-29-25(28)23-12-8-7-11-22(23)20-9-5-4-6-10-20/h4-16,18H,3,17H2,1-2H3,(H,26,27)/t18-/m1/s1. The van der Waals surface area contributed by atoms with Crippen LogP contribution in [0.3, 0.4) is 0 Å². The summed E-state index contributed by atoms with van der Waals surface area (Å²) in [5.41, 5.74) is 4.05. The Kier molecular flexibility index (Phi) is 6.80. The number of nitrogens with one attached hydrogen (secondary N) is 1. The second-order valence-electron chi connectivity index (χ2n) is 6.97. The minimum absolute atomic E-state index is 0.338. The predicted octanol–water partition coefficient (Wildman–Crippen LogP) is 5.66. The Morgan fingerprint density at radius 3 is 2.24 bits per heavy atom. The molecule has 3 aromatic carbocycles. The first-order chi connectivity index (χ1) is 14.1. The van der Waals surface area contributed by atoms with Crippen molar-refractivity contribution in [2.75, 3.05) is 11.9 Å². The average Bonchev–Trinajstić information content (AvgIpc) is 2.78. The van der Waals surface area contributed by atoms with Gasteiger partial charge in [0.15, 0.2) is 6.61 Å². The molecule has 4 heteroatoms. The van der Waals surface area contributed by atoms with Crippen molar-refractivity contribution in [1.29, 1.82) is 0 Å². The van der Waals surface area contributed by atoms with Crippen molar-refractivity contribution in [2.45, 2.75) is 26.2 Å². The van der Waals surface area contributed by atoms with Crippen molar-refractivity contribution >= 4 is 17.6 Å². The summed E-state index contributed by atoms with van der Waals surface area (Å²) >= 11 is 0. The van der Waals surface area contributed by atoms with E-state index in [0.29, 0.717) is 17.2 Å². The van der Waals surface area contributed by atoms with Crippen LogP contribution in [0, 0.1) is 0 Å². The molecule has 0 unspecified atom stereocenters. The molecule has 3 aromatic rings. The van der Waals surface area contributed by atoms with Crippen molar-refractivity contribution in [3.63, 3.8) is 0 Å². The molecule has 0 bridgehead atoms. The SMILES string of the molecule is CC[C@@H](C)c1ccc(NC(=O)COC(=O)c2ccccc2-c2ccccc2)cc1. The van der Waals surface area contributed by atoms with Gasteiger partial charge in [-0.3, -0.25) is 4.79 Å². The third-order valence-corrected chi connectivity index (χ3v) is 4.94. The van der Waals surface area contributed by atoms with E-state index in [4.69, 9.17) is 4.74 Å². The lowest BCUT2D eigenvalue weighted by atomic mass is 9.99. The van der Waals surface area contributed by atoms with E-state index in [2.05, 4.69) is 19.2 Å². The highest BCUT2D eigenvalue weighted by Gasteiger charge is 2.15. The summed E-state index contributed by atoms with van der Waals surface area (Å²) in [5, 5.41) is 2.76. The average molecular weight is 387 g/mol. The Morgan fingerprint density at radius 2 is 1.55 bits per heavy atom. The van der Waals surface area contributed by atoms with Gasteiger partial charge in [-0.1, -0.05) is 74.5 Å². The number of esters is 1. The molecule has 29 heavy (non-hydrogen) atoms. The maximum absolute atomic E-state index is 12.5. The summed E-state index contributed by atoms with van der Waals surface area (Å²) in [4.78, 5) is 24.7. The normalized spacial score (nSPS) is 11.5. The molecule has 4 nitrogen and oxygen atoms in total. The largest absolute Gasteiger partial charge is 0.452 e. The minimum Gasteiger partial charge on any atom is -0.452 e. The number of rotatable bonds is 7. The summed E-state index contributed by atoms with van der Waals surface area (Å²) in [7, 11) is 0. The van der Waals surface area contributed by atoms with Gasteiger partial charge in [0.25, 0.3) is 5.91 Å². The van der Waals surface area contributed by atoms with Crippen molar-refractivity contribution in [3.05, 3.63) is 90.0 Å². The molecule has 0 aliphatic carbocycles. The Balaban J connectivity index is 1.61. The Morgan fingerprint density at radius 1 is 0.897 bits per heavy atom. The molecular weight excluding hydrogens is 362 g/mol. The third-order valence-electron chi connectivity index (χ3n) is 4.94. The monoisotopic (exact) mass is 387 g/mol. The molecule has 3 rings (SSSR count). The lowest BCUT2D eigenvalue weighted by molar-refractivity contribution is -0.119. The molecule has 0 spiro atoms. The minimum atomic E-state index is -0.522. The predicted molar refractivity (Wildman–Crippen MR) is 116 cm³/mol. The number of carbonyl (C=O) groups excluding carboxylic acids is 2. The van der Waals surface area contributed by atoms with Crippen LogP contribution >= 0.6 is 0 Å². The summed E-state index contributed by atoms with van der Waals surface area (Å²) in [6.45, 7) is 3.97. The zero-order valence-corrected chi connectivity index (χ0v) is 16.7. The van der Waals surface area contributed by atoms with Gasteiger partial charge in [0.1, 0.15) is 0 Å². The maximum atomic E-state index is 12.5. The first-order valence-electron chi connectivity index (χ1n) is 9.80. The van der Waals surface area contributed by atoms with E-state index in [1.807, 2.05) is 66.7 Å². The van der Waals surface area contributed by atoms with Crippen LogP contribution in [0.4, 0.5) is 5.69 Å². The molecule has 0 aromatic heterocycles. The number of ether oxygens (including phenoxy) is 1. The molecule has 0 radical (unpaired) electrons. The summed E-state index contributed by atoms with van der Waals surface area (Å²) in [6.07, 6.45) is 1.06. The van der Waals surface area contributed by atoms with Crippen molar-refractivity contribution in [3.8, 4) is 11.1 Å². The van der Waals surface area contributed by atoms with Gasteiger partial charge < -0.3 is 10.1 Å². The lowest BCUT2D eigenvalue weighted by Gasteiger charge is -2.11. The number of hydrogen-bond acceptors (Lipinski definition) is 3. The molecule has 0 fully saturated rings. The second kappa shape index (κ2) is 9.69. The van der Waals surface area contributed by atoms with Gasteiger partial charge in [-0.05, 0) is 47.2 Å². The molecule has 0 aliphatic rings. The van der Waals surface area contributed by atoms with Crippen LogP contribution in [-0.4, -0.2) is 18.5 Å². The van der Waals surface area contributed by atoms with E-state index in [9.17, 15) is 9.59 Å². The van der Waals surface area contributed by atoms with Crippen LogP contribution in [0.5, 0.6) is 0 Å². The van der Waals surface area contributed by atoms with Crippen LogP contribution in [0.2, 0.25) is 0 Å². The maximum Gasteiger partial charge on any atom is 0.339 e. The Labute approximate surface area is 171 Å². The Hall–Kier alpha value is -3.40. The first-order valence-corrected chi connectivity index (χ1v) is 9.80. The van der Waals surface area contributed by atoms with E-state index in [1.165, 1.54) is 5.56 Å². The van der Waals surface area contributed by atoms with Crippen LogP contribution in [0.25, 0.3) is 11.1 Å². The fourth-order valence-electron chi connectivity index (χ4n) is 3.07. The number of benzene rings is 3. The van der Waals surface area contributed by atoms with Crippen molar-refractivity contribution in [2.24, 2.45) is 0 Å². The molecule has 148 valence electrons. The molecule has 1 amide bonds. The number of hydrogen-bond donors (Lipinski definition) is 1. The fraction of sp³-hybridized carbons (Fsp3) is 0.200. The van der Waals surface area contributed by atoms with E-state index in [-0.39, 0.29) is 12.5 Å². The molecule has 0 aliphatic heterocycles. The topological polar surface area (TPSA) is 55.4 Å². The summed E-state index contributed by atoms with van der Waals surface area (Å²) < 4.78 is 5.25. The molecular formula is C25H25NO3. The van der Waals surface area contributed by atoms with E-state index in [0.717, 1.165) is 17.5 Å². The van der Waals surface area contributed by atoms with Gasteiger partial charge in [0.2, 0.25) is 0 Å². The number of anilines is 1. The van der Waals surface area contributed by atoms with Crippen LogP contribution in [-0.2, 0) is 9.53 Å². The van der Waals surface area contributed by atoms with Crippen LogP contribution < -0.4 is 5.32 Å². The molecule has 0 saturated carbocycles. The summed E-state index contributed by atoms with van der Waals surface area (Å²) in [5.74, 6) is -0.413. The zero-order chi connectivity index (χ0) is 20.6. The fourth-order valence-corrected chi connectivity index (χ4v) is 3.07. The molecule has 1 atom stereocenters. The van der Waals surface area contributed by atoms with Gasteiger partial charge in [-0.25, -0.2) is 4.79 Å². The molecule has 0 heterocycles. The van der Waals surface area contributed by atoms with E-state index < -0.39 is 5.97 Å². The number of amides is 1. The smallest absolute Gasteiger partial charge is 0.339 e. The van der Waals surface area contributed by atoms with Crippen LogP contribution in [0.15, 0.2) is 78.9 Å². The highest BCUT2D eigenvalue weighted by Crippen LogP contribution is 2.24. The second-order valence-corrected chi connectivity index (χ2v) is 6.97. The van der Waals surface area contributed by atoms with Gasteiger partial charge in [-0.15, -0.1) is 0 Å². The third kappa shape index (κ3) is 5.32. The van der Waals surface area contributed by atoms with Gasteiger partial charge in [0.05, 0.1) is 5.56 Å². The zero-order valence-electron chi connectivity index (χ0n) is 16.7. The van der Waals surface area contributed by atoms with Crippen LogP contribution in [0.1, 0.15) is 42.1 Å². The molecule has 0 saturated heterocycles. The van der Waals surface area contributed by atoms with E-state index >= 15 is 0 Å². The van der Waals surface area contributed by atoms with Gasteiger partial charge in [-0.2, -0.15) is 0 Å². The number of carbonyl (C=O) groups is 2. The van der Waals surface area contributed by atoms with Gasteiger partial charge in [0, 0.05) is 5.69 Å². The van der Waals surface area contributed by atoms with Crippen molar-refractivity contribution < 1.29 is 14.3 Å². The summed E-state index contributed by atoms with van der Waals surface area (Å²) in [6, 6.07) is 24.6. The van der Waals surface area contributed by atoms with Gasteiger partial charge >= 0.3 is 5.97 Å². The lowest BCUT2D eigenvalue weighted by Crippen LogP contribution is -2.21. The van der Waals surface area contributed by atoms with E-state index in [1.54, 1.807) is 12.1 Å². The molecule has 1 N–H and O–H groups in total. The van der Waals surface area contributed by atoms with Crippen molar-refractivity contribution in [1.82, 2.24) is 0 Å².